The predicted molar refractivity (Wildman–Crippen MR) is 66.3 cm³/mol. The lowest BCUT2D eigenvalue weighted by Crippen LogP contribution is -2.30. The van der Waals surface area contributed by atoms with Crippen LogP contribution in [0.1, 0.15) is 51.4 Å². The van der Waals surface area contributed by atoms with Crippen LogP contribution in [-0.2, 0) is 0 Å². The molecule has 0 amide bonds. The van der Waals surface area contributed by atoms with Crippen LogP contribution in [0.3, 0.4) is 0 Å². The summed E-state index contributed by atoms with van der Waals surface area (Å²) in [7, 11) is 0. The SMILES string of the molecule is C=CCCCCCCCCC1NC=CN1. The molecule has 0 fully saturated rings. The molecule has 0 radical (unpaired) electrons. The van der Waals surface area contributed by atoms with Crippen molar-refractivity contribution in [2.75, 3.05) is 0 Å². The normalized spacial score (nSPS) is 14.9. The largest absolute Gasteiger partial charge is 0.370 e. The van der Waals surface area contributed by atoms with E-state index in [1.807, 2.05) is 18.5 Å². The smallest absolute Gasteiger partial charge is 0.0955 e. The van der Waals surface area contributed by atoms with E-state index >= 15 is 0 Å². The molecular formula is C13H24N2. The number of hydrogen-bond acceptors (Lipinski definition) is 2. The molecule has 0 aromatic carbocycles. The third-order valence-corrected chi connectivity index (χ3v) is 2.83. The summed E-state index contributed by atoms with van der Waals surface area (Å²) < 4.78 is 0. The van der Waals surface area contributed by atoms with E-state index < -0.39 is 0 Å². The molecule has 1 heterocycles. The average molecular weight is 208 g/mol. The molecule has 1 rings (SSSR count). The monoisotopic (exact) mass is 208 g/mol. The summed E-state index contributed by atoms with van der Waals surface area (Å²) in [5.41, 5.74) is 0. The Kier molecular flexibility index (Phi) is 6.80. The number of rotatable bonds is 9. The van der Waals surface area contributed by atoms with Gasteiger partial charge < -0.3 is 10.6 Å². The zero-order chi connectivity index (χ0) is 10.8. The summed E-state index contributed by atoms with van der Waals surface area (Å²) in [6.07, 6.45) is 17.1. The van der Waals surface area contributed by atoms with Crippen molar-refractivity contribution in [3.63, 3.8) is 0 Å². The molecule has 0 unspecified atom stereocenters. The molecule has 0 spiro atoms. The van der Waals surface area contributed by atoms with E-state index in [1.54, 1.807) is 0 Å². The van der Waals surface area contributed by atoms with Gasteiger partial charge in [-0.3, -0.25) is 0 Å². The predicted octanol–water partition coefficient (Wildman–Crippen LogP) is 3.28. The lowest BCUT2D eigenvalue weighted by molar-refractivity contribution is 0.483. The lowest BCUT2D eigenvalue weighted by atomic mass is 10.1. The van der Waals surface area contributed by atoms with Gasteiger partial charge in [0.15, 0.2) is 0 Å². The standard InChI is InChI=1S/C13H24N2/c1-2-3-4-5-6-7-8-9-10-13-14-11-12-15-13/h2,11-15H,1,3-10H2. The van der Waals surface area contributed by atoms with Crippen LogP contribution in [0.25, 0.3) is 0 Å². The van der Waals surface area contributed by atoms with E-state index in [2.05, 4.69) is 17.2 Å². The first kappa shape index (κ1) is 12.2. The van der Waals surface area contributed by atoms with Gasteiger partial charge in [0, 0.05) is 12.4 Å². The molecule has 0 saturated carbocycles. The number of unbranched alkanes of at least 4 members (excludes halogenated alkanes) is 6. The van der Waals surface area contributed by atoms with Gasteiger partial charge in [-0.2, -0.15) is 0 Å². The second-order valence-electron chi connectivity index (χ2n) is 4.21. The summed E-state index contributed by atoms with van der Waals surface area (Å²) in [5.74, 6) is 0. The molecule has 86 valence electrons. The maximum absolute atomic E-state index is 3.73. The zero-order valence-corrected chi connectivity index (χ0v) is 9.67. The van der Waals surface area contributed by atoms with Gasteiger partial charge in [-0.05, 0) is 25.7 Å². The molecule has 0 aromatic rings. The van der Waals surface area contributed by atoms with E-state index in [0.29, 0.717) is 6.17 Å². The fraction of sp³-hybridized carbons (Fsp3) is 0.692. The van der Waals surface area contributed by atoms with E-state index in [1.165, 1.54) is 51.4 Å². The summed E-state index contributed by atoms with van der Waals surface area (Å²) in [4.78, 5) is 0. The minimum Gasteiger partial charge on any atom is -0.370 e. The highest BCUT2D eigenvalue weighted by atomic mass is 15.1. The Morgan fingerprint density at radius 1 is 0.933 bits per heavy atom. The van der Waals surface area contributed by atoms with Crippen molar-refractivity contribution >= 4 is 0 Å². The van der Waals surface area contributed by atoms with Crippen LogP contribution in [-0.4, -0.2) is 6.17 Å². The molecular weight excluding hydrogens is 184 g/mol. The highest BCUT2D eigenvalue weighted by Crippen LogP contribution is 2.10. The van der Waals surface area contributed by atoms with Crippen molar-refractivity contribution in [3.8, 4) is 0 Å². The minimum absolute atomic E-state index is 0.491. The molecule has 2 nitrogen and oxygen atoms in total. The highest BCUT2D eigenvalue weighted by Gasteiger charge is 2.05. The van der Waals surface area contributed by atoms with Crippen LogP contribution < -0.4 is 10.6 Å². The molecule has 0 saturated heterocycles. The molecule has 2 heteroatoms. The van der Waals surface area contributed by atoms with Gasteiger partial charge in [0.05, 0.1) is 6.17 Å². The van der Waals surface area contributed by atoms with Gasteiger partial charge in [-0.15, -0.1) is 6.58 Å². The Balaban J connectivity index is 1.75. The van der Waals surface area contributed by atoms with Gasteiger partial charge in [-0.1, -0.05) is 31.8 Å². The van der Waals surface area contributed by atoms with E-state index in [4.69, 9.17) is 0 Å². The quantitative estimate of drug-likeness (QED) is 0.449. The summed E-state index contributed by atoms with van der Waals surface area (Å²) in [5, 5.41) is 6.55. The zero-order valence-electron chi connectivity index (χ0n) is 9.67. The van der Waals surface area contributed by atoms with Crippen LogP contribution in [0.2, 0.25) is 0 Å². The summed E-state index contributed by atoms with van der Waals surface area (Å²) in [6.45, 7) is 3.73. The fourth-order valence-electron chi connectivity index (χ4n) is 1.89. The van der Waals surface area contributed by atoms with Gasteiger partial charge in [0.25, 0.3) is 0 Å². The van der Waals surface area contributed by atoms with Crippen LogP contribution in [0.5, 0.6) is 0 Å². The third kappa shape index (κ3) is 6.21. The first-order valence-corrected chi connectivity index (χ1v) is 6.21. The van der Waals surface area contributed by atoms with Crippen molar-refractivity contribution in [2.45, 2.75) is 57.5 Å². The molecule has 15 heavy (non-hydrogen) atoms. The van der Waals surface area contributed by atoms with E-state index in [-0.39, 0.29) is 0 Å². The first-order valence-electron chi connectivity index (χ1n) is 6.21. The average Bonchev–Trinajstić information content (AvgIpc) is 2.75. The summed E-state index contributed by atoms with van der Waals surface area (Å²) >= 11 is 0. The Morgan fingerprint density at radius 3 is 2.20 bits per heavy atom. The third-order valence-electron chi connectivity index (χ3n) is 2.83. The molecule has 2 N–H and O–H groups in total. The number of hydrogen-bond donors (Lipinski definition) is 2. The van der Waals surface area contributed by atoms with Crippen LogP contribution in [0.15, 0.2) is 25.1 Å². The Morgan fingerprint density at radius 2 is 1.53 bits per heavy atom. The van der Waals surface area contributed by atoms with E-state index in [9.17, 15) is 0 Å². The van der Waals surface area contributed by atoms with Crippen molar-refractivity contribution in [3.05, 3.63) is 25.1 Å². The first-order chi connectivity index (χ1) is 7.43. The van der Waals surface area contributed by atoms with Crippen molar-refractivity contribution in [1.82, 2.24) is 10.6 Å². The molecule has 1 aliphatic rings. The molecule has 0 aliphatic carbocycles. The topological polar surface area (TPSA) is 24.1 Å². The highest BCUT2D eigenvalue weighted by molar-refractivity contribution is 4.90. The molecule has 0 aromatic heterocycles. The Labute approximate surface area is 93.8 Å². The second kappa shape index (κ2) is 8.39. The fourth-order valence-corrected chi connectivity index (χ4v) is 1.89. The Bertz CT molecular complexity index is 179. The second-order valence-corrected chi connectivity index (χ2v) is 4.21. The molecule has 0 bridgehead atoms. The Hall–Kier alpha value is -0.920. The summed E-state index contributed by atoms with van der Waals surface area (Å²) in [6, 6.07) is 0. The molecule has 0 atom stereocenters. The number of allylic oxidation sites excluding steroid dienone is 1. The maximum atomic E-state index is 3.73. The van der Waals surface area contributed by atoms with Crippen LogP contribution in [0.4, 0.5) is 0 Å². The van der Waals surface area contributed by atoms with Crippen molar-refractivity contribution < 1.29 is 0 Å². The maximum Gasteiger partial charge on any atom is 0.0955 e. The number of nitrogens with one attached hydrogen (secondary N) is 2. The van der Waals surface area contributed by atoms with Crippen LogP contribution >= 0.6 is 0 Å². The van der Waals surface area contributed by atoms with Gasteiger partial charge >= 0.3 is 0 Å². The van der Waals surface area contributed by atoms with Crippen LogP contribution in [0, 0.1) is 0 Å². The van der Waals surface area contributed by atoms with E-state index in [0.717, 1.165) is 0 Å². The van der Waals surface area contributed by atoms with Crippen molar-refractivity contribution in [1.29, 1.82) is 0 Å². The van der Waals surface area contributed by atoms with Crippen molar-refractivity contribution in [2.24, 2.45) is 0 Å². The molecule has 1 aliphatic heterocycles. The van der Waals surface area contributed by atoms with Gasteiger partial charge in [0.1, 0.15) is 0 Å². The van der Waals surface area contributed by atoms with Gasteiger partial charge in [0.2, 0.25) is 0 Å². The van der Waals surface area contributed by atoms with Gasteiger partial charge in [-0.25, -0.2) is 0 Å². The lowest BCUT2D eigenvalue weighted by Gasteiger charge is -2.11. The minimum atomic E-state index is 0.491.